The van der Waals surface area contributed by atoms with Crippen LogP contribution in [0.2, 0.25) is 0 Å². The molecule has 1 aliphatic rings. The quantitative estimate of drug-likeness (QED) is 0.487. The number of carbonyl (C=O) groups excluding carboxylic acids is 2. The van der Waals surface area contributed by atoms with Gasteiger partial charge in [0.15, 0.2) is 0 Å². The number of unbranched alkanes of at least 4 members (excludes halogenated alkanes) is 4. The molecule has 26 heavy (non-hydrogen) atoms. The third kappa shape index (κ3) is 5.91. The Kier molecular flexibility index (Phi) is 7.72. The van der Waals surface area contributed by atoms with Crippen LogP contribution in [0.25, 0.3) is 6.08 Å². The van der Waals surface area contributed by atoms with Crippen molar-refractivity contribution < 1.29 is 24.2 Å². The lowest BCUT2D eigenvalue weighted by Gasteiger charge is -2.08. The van der Waals surface area contributed by atoms with Crippen LogP contribution in [0.5, 0.6) is 5.75 Å². The van der Waals surface area contributed by atoms with Gasteiger partial charge in [0.2, 0.25) is 0 Å². The summed E-state index contributed by atoms with van der Waals surface area (Å²) in [6.45, 7) is 2.24. The number of rotatable bonds is 10. The predicted molar refractivity (Wildman–Crippen MR) is 101 cm³/mol. The maximum atomic E-state index is 12.1. The maximum Gasteiger partial charge on any atom is 0.323 e. The molecule has 7 heteroatoms. The second kappa shape index (κ2) is 10.0. The molecule has 1 aliphatic heterocycles. The van der Waals surface area contributed by atoms with Crippen molar-refractivity contribution in [1.82, 2.24) is 4.90 Å². The third-order valence-corrected chi connectivity index (χ3v) is 4.77. The summed E-state index contributed by atoms with van der Waals surface area (Å²) in [5, 5.41) is 8.20. The zero-order chi connectivity index (χ0) is 18.9. The number of aliphatic carboxylic acids is 1. The van der Waals surface area contributed by atoms with E-state index in [1.165, 1.54) is 19.3 Å². The summed E-state index contributed by atoms with van der Waals surface area (Å²) in [5.74, 6) is -1.03. The zero-order valence-electron chi connectivity index (χ0n) is 14.8. The summed E-state index contributed by atoms with van der Waals surface area (Å²) >= 11 is 0.750. The number of hydrogen-bond donors (Lipinski definition) is 1. The lowest BCUT2D eigenvalue weighted by molar-refractivity contribution is -0.140. The van der Waals surface area contributed by atoms with Gasteiger partial charge in [-0.2, -0.15) is 0 Å². The lowest BCUT2D eigenvalue weighted by atomic mass is 10.2. The number of carbonyl (C=O) groups is 3. The first kappa shape index (κ1) is 20.0. The minimum Gasteiger partial charge on any atom is -0.494 e. The molecule has 0 spiro atoms. The summed E-state index contributed by atoms with van der Waals surface area (Å²) in [6, 6.07) is 7.24. The van der Waals surface area contributed by atoms with Crippen LogP contribution in [0.15, 0.2) is 29.2 Å². The van der Waals surface area contributed by atoms with Gasteiger partial charge in [-0.1, -0.05) is 44.7 Å². The summed E-state index contributed by atoms with van der Waals surface area (Å²) in [6.07, 6.45) is 7.48. The maximum absolute atomic E-state index is 12.1. The van der Waals surface area contributed by atoms with Crippen LogP contribution in [0.3, 0.4) is 0 Å². The highest BCUT2D eigenvalue weighted by Crippen LogP contribution is 2.32. The van der Waals surface area contributed by atoms with E-state index in [0.717, 1.165) is 40.8 Å². The van der Waals surface area contributed by atoms with E-state index >= 15 is 0 Å². The highest BCUT2D eigenvalue weighted by Gasteiger charge is 2.36. The third-order valence-electron chi connectivity index (χ3n) is 3.86. The summed E-state index contributed by atoms with van der Waals surface area (Å²) in [5.41, 5.74) is 0.751. The van der Waals surface area contributed by atoms with Crippen molar-refractivity contribution in [2.24, 2.45) is 0 Å². The number of carboxylic acid groups (broad SMARTS) is 1. The van der Waals surface area contributed by atoms with E-state index in [2.05, 4.69) is 6.92 Å². The first-order valence-electron chi connectivity index (χ1n) is 8.71. The Labute approximate surface area is 157 Å². The fraction of sp³-hybridized carbons (Fsp3) is 0.421. The van der Waals surface area contributed by atoms with Gasteiger partial charge in [-0.25, -0.2) is 0 Å². The van der Waals surface area contributed by atoms with Gasteiger partial charge in [0.25, 0.3) is 11.1 Å². The summed E-state index contributed by atoms with van der Waals surface area (Å²) in [7, 11) is 0. The van der Waals surface area contributed by atoms with Crippen LogP contribution in [0, 0.1) is 0 Å². The molecular weight excluding hydrogens is 354 g/mol. The van der Waals surface area contributed by atoms with Crippen molar-refractivity contribution >= 4 is 35.0 Å². The largest absolute Gasteiger partial charge is 0.494 e. The average Bonchev–Trinajstić information content (AvgIpc) is 2.86. The number of ether oxygens (including phenoxy) is 1. The molecule has 2 rings (SSSR count). The second-order valence-electron chi connectivity index (χ2n) is 5.99. The molecule has 0 radical (unpaired) electrons. The zero-order valence-corrected chi connectivity index (χ0v) is 15.6. The van der Waals surface area contributed by atoms with E-state index < -0.39 is 23.7 Å². The topological polar surface area (TPSA) is 83.9 Å². The molecule has 2 amide bonds. The van der Waals surface area contributed by atoms with Crippen LogP contribution in [0.1, 0.15) is 44.6 Å². The van der Waals surface area contributed by atoms with Crippen molar-refractivity contribution in [2.45, 2.75) is 39.0 Å². The fourth-order valence-electron chi connectivity index (χ4n) is 2.48. The molecule has 1 heterocycles. The first-order valence-corrected chi connectivity index (χ1v) is 9.53. The fourth-order valence-corrected chi connectivity index (χ4v) is 3.32. The number of benzene rings is 1. The van der Waals surface area contributed by atoms with Crippen molar-refractivity contribution in [3.63, 3.8) is 0 Å². The van der Waals surface area contributed by atoms with Crippen molar-refractivity contribution in [2.75, 3.05) is 13.2 Å². The number of imide groups is 1. The van der Waals surface area contributed by atoms with Gasteiger partial charge >= 0.3 is 5.97 Å². The van der Waals surface area contributed by atoms with Crippen LogP contribution < -0.4 is 4.74 Å². The van der Waals surface area contributed by atoms with E-state index in [0.29, 0.717) is 6.61 Å². The van der Waals surface area contributed by atoms with E-state index in [1.54, 1.807) is 18.2 Å². The smallest absolute Gasteiger partial charge is 0.323 e. The average molecular weight is 377 g/mol. The molecule has 0 aliphatic carbocycles. The molecule has 0 bridgehead atoms. The van der Waals surface area contributed by atoms with Gasteiger partial charge in [0.1, 0.15) is 12.3 Å². The molecule has 1 aromatic carbocycles. The molecule has 1 fully saturated rings. The monoisotopic (exact) mass is 377 g/mol. The highest BCUT2D eigenvalue weighted by molar-refractivity contribution is 8.18. The van der Waals surface area contributed by atoms with Crippen LogP contribution in [-0.4, -0.2) is 40.3 Å². The van der Waals surface area contributed by atoms with Crippen LogP contribution in [-0.2, 0) is 9.59 Å². The molecule has 140 valence electrons. The number of hydrogen-bond acceptors (Lipinski definition) is 5. The SMILES string of the molecule is CCCCCCCOc1ccc(C=C2SC(=O)N(CC(=O)O)C2=O)cc1. The normalized spacial score (nSPS) is 15.7. The Morgan fingerprint density at radius 2 is 1.85 bits per heavy atom. The Hall–Kier alpha value is -2.28. The van der Waals surface area contributed by atoms with Gasteiger partial charge in [-0.15, -0.1) is 0 Å². The Bertz CT molecular complexity index is 684. The van der Waals surface area contributed by atoms with Gasteiger partial charge in [0.05, 0.1) is 11.5 Å². The molecule has 1 N–H and O–H groups in total. The van der Waals surface area contributed by atoms with E-state index in [9.17, 15) is 14.4 Å². The van der Waals surface area contributed by atoms with Crippen molar-refractivity contribution in [1.29, 1.82) is 0 Å². The Morgan fingerprint density at radius 3 is 2.50 bits per heavy atom. The van der Waals surface area contributed by atoms with E-state index in [-0.39, 0.29) is 4.91 Å². The minimum atomic E-state index is -1.22. The van der Waals surface area contributed by atoms with Gasteiger partial charge < -0.3 is 9.84 Å². The minimum absolute atomic E-state index is 0.223. The summed E-state index contributed by atoms with van der Waals surface area (Å²) < 4.78 is 5.69. The molecule has 1 saturated heterocycles. The molecule has 0 atom stereocenters. The van der Waals surface area contributed by atoms with Gasteiger partial charge in [0, 0.05) is 0 Å². The van der Waals surface area contributed by atoms with Crippen molar-refractivity contribution in [3.05, 3.63) is 34.7 Å². The van der Waals surface area contributed by atoms with Gasteiger partial charge in [-0.3, -0.25) is 19.3 Å². The molecule has 6 nitrogen and oxygen atoms in total. The highest BCUT2D eigenvalue weighted by atomic mass is 32.2. The van der Waals surface area contributed by atoms with Crippen LogP contribution in [0.4, 0.5) is 4.79 Å². The van der Waals surface area contributed by atoms with Crippen molar-refractivity contribution in [3.8, 4) is 5.75 Å². The number of carboxylic acids is 1. The molecular formula is C19H23NO5S. The number of amides is 2. The summed E-state index contributed by atoms with van der Waals surface area (Å²) in [4.78, 5) is 35.5. The number of nitrogens with zero attached hydrogens (tertiary/aromatic N) is 1. The molecule has 0 saturated carbocycles. The molecule has 0 aromatic heterocycles. The standard InChI is InChI=1S/C19H23NO5S/c1-2-3-4-5-6-11-25-15-9-7-14(8-10-15)12-16-18(23)20(13-17(21)22)19(24)26-16/h7-10,12H,2-6,11,13H2,1H3,(H,21,22). The van der Waals surface area contributed by atoms with Gasteiger partial charge in [-0.05, 0) is 42.0 Å². The molecule has 1 aromatic rings. The van der Waals surface area contributed by atoms with E-state index in [1.807, 2.05) is 12.1 Å². The predicted octanol–water partition coefficient (Wildman–Crippen LogP) is 4.16. The molecule has 0 unspecified atom stereocenters. The first-order chi connectivity index (χ1) is 12.5. The number of thioether (sulfide) groups is 1. The second-order valence-corrected chi connectivity index (χ2v) is 6.99. The lowest BCUT2D eigenvalue weighted by Crippen LogP contribution is -2.33. The Morgan fingerprint density at radius 1 is 1.15 bits per heavy atom. The van der Waals surface area contributed by atoms with Crippen LogP contribution >= 0.6 is 11.8 Å². The van der Waals surface area contributed by atoms with E-state index in [4.69, 9.17) is 9.84 Å². The Balaban J connectivity index is 1.88.